The SMILES string of the molecule is Cc1noc(C)c1CCC(=O)N1CC[C@H](Cc2cccc(CO)c2)C1. The van der Waals surface area contributed by atoms with Gasteiger partial charge in [-0.3, -0.25) is 4.79 Å². The van der Waals surface area contributed by atoms with E-state index >= 15 is 0 Å². The number of aliphatic hydroxyl groups excluding tert-OH is 1. The third-order valence-electron chi connectivity index (χ3n) is 5.11. The average Bonchev–Trinajstić information content (AvgIpc) is 3.20. The highest BCUT2D eigenvalue weighted by Crippen LogP contribution is 2.23. The van der Waals surface area contributed by atoms with Crippen molar-refractivity contribution >= 4 is 5.91 Å². The largest absolute Gasteiger partial charge is 0.392 e. The maximum atomic E-state index is 12.5. The first-order valence-corrected chi connectivity index (χ1v) is 8.95. The summed E-state index contributed by atoms with van der Waals surface area (Å²) in [7, 11) is 0. The van der Waals surface area contributed by atoms with E-state index in [4.69, 9.17) is 4.52 Å². The molecule has 0 bridgehead atoms. The summed E-state index contributed by atoms with van der Waals surface area (Å²) >= 11 is 0. The number of carbonyl (C=O) groups is 1. The van der Waals surface area contributed by atoms with Crippen LogP contribution in [0.3, 0.4) is 0 Å². The molecule has 0 aliphatic carbocycles. The summed E-state index contributed by atoms with van der Waals surface area (Å²) in [6.45, 7) is 5.55. The van der Waals surface area contributed by atoms with Crippen molar-refractivity contribution in [2.45, 2.75) is 46.1 Å². The summed E-state index contributed by atoms with van der Waals surface area (Å²) in [4.78, 5) is 14.5. The second-order valence-corrected chi connectivity index (χ2v) is 6.98. The molecule has 1 saturated heterocycles. The third kappa shape index (κ3) is 4.28. The molecule has 2 aromatic rings. The van der Waals surface area contributed by atoms with E-state index in [0.717, 1.165) is 48.5 Å². The number of aliphatic hydroxyl groups is 1. The van der Waals surface area contributed by atoms with Crippen LogP contribution in [-0.2, 0) is 24.2 Å². The van der Waals surface area contributed by atoms with Gasteiger partial charge in [-0.25, -0.2) is 0 Å². The van der Waals surface area contributed by atoms with Gasteiger partial charge in [0.25, 0.3) is 0 Å². The van der Waals surface area contributed by atoms with Gasteiger partial charge in [-0.2, -0.15) is 0 Å². The number of hydrogen-bond donors (Lipinski definition) is 1. The number of amides is 1. The highest BCUT2D eigenvalue weighted by molar-refractivity contribution is 5.76. The Morgan fingerprint density at radius 2 is 2.16 bits per heavy atom. The van der Waals surface area contributed by atoms with Gasteiger partial charge in [0, 0.05) is 25.1 Å². The van der Waals surface area contributed by atoms with Gasteiger partial charge in [0.2, 0.25) is 5.91 Å². The Morgan fingerprint density at radius 3 is 2.88 bits per heavy atom. The number of benzene rings is 1. The highest BCUT2D eigenvalue weighted by atomic mass is 16.5. The van der Waals surface area contributed by atoms with Gasteiger partial charge in [-0.1, -0.05) is 29.4 Å². The van der Waals surface area contributed by atoms with Gasteiger partial charge < -0.3 is 14.5 Å². The van der Waals surface area contributed by atoms with Crippen LogP contribution in [0.5, 0.6) is 0 Å². The molecule has 1 N–H and O–H groups in total. The van der Waals surface area contributed by atoms with Gasteiger partial charge >= 0.3 is 0 Å². The molecule has 3 rings (SSSR count). The van der Waals surface area contributed by atoms with Crippen LogP contribution in [-0.4, -0.2) is 34.2 Å². The molecule has 0 unspecified atom stereocenters. The first-order chi connectivity index (χ1) is 12.1. The van der Waals surface area contributed by atoms with Crippen LogP contribution in [0.15, 0.2) is 28.8 Å². The number of nitrogens with zero attached hydrogens (tertiary/aromatic N) is 2. The van der Waals surface area contributed by atoms with Gasteiger partial charge in [0.15, 0.2) is 0 Å². The van der Waals surface area contributed by atoms with Crippen LogP contribution < -0.4 is 0 Å². The van der Waals surface area contributed by atoms with Gasteiger partial charge in [0.05, 0.1) is 12.3 Å². The van der Waals surface area contributed by atoms with Crippen LogP contribution in [0.2, 0.25) is 0 Å². The average molecular weight is 342 g/mol. The predicted molar refractivity (Wildman–Crippen MR) is 95.1 cm³/mol. The maximum Gasteiger partial charge on any atom is 0.222 e. The van der Waals surface area contributed by atoms with Gasteiger partial charge in [-0.05, 0) is 50.2 Å². The molecule has 1 aliphatic heterocycles. The Kier molecular flexibility index (Phi) is 5.53. The highest BCUT2D eigenvalue weighted by Gasteiger charge is 2.26. The molecule has 1 fully saturated rings. The monoisotopic (exact) mass is 342 g/mol. The number of rotatable bonds is 6. The molecular weight excluding hydrogens is 316 g/mol. The second kappa shape index (κ2) is 7.83. The second-order valence-electron chi connectivity index (χ2n) is 6.98. The lowest BCUT2D eigenvalue weighted by Gasteiger charge is -2.17. The zero-order valence-electron chi connectivity index (χ0n) is 15.0. The molecule has 134 valence electrons. The van der Waals surface area contributed by atoms with E-state index in [-0.39, 0.29) is 12.5 Å². The molecule has 1 amide bonds. The van der Waals surface area contributed by atoms with Crippen LogP contribution in [0, 0.1) is 19.8 Å². The zero-order chi connectivity index (χ0) is 17.8. The van der Waals surface area contributed by atoms with Crippen molar-refractivity contribution in [3.05, 3.63) is 52.4 Å². The number of carbonyl (C=O) groups excluding carboxylic acids is 1. The quantitative estimate of drug-likeness (QED) is 0.877. The molecule has 1 aromatic heterocycles. The fourth-order valence-electron chi connectivity index (χ4n) is 3.66. The molecule has 5 heteroatoms. The minimum absolute atomic E-state index is 0.0742. The maximum absolute atomic E-state index is 12.5. The molecule has 1 aromatic carbocycles. The lowest BCUT2D eigenvalue weighted by Crippen LogP contribution is -2.29. The summed E-state index contributed by atoms with van der Waals surface area (Å²) in [5, 5.41) is 13.2. The van der Waals surface area contributed by atoms with Crippen molar-refractivity contribution in [3.8, 4) is 0 Å². The molecule has 2 heterocycles. The van der Waals surface area contributed by atoms with E-state index in [1.807, 2.05) is 30.9 Å². The fraction of sp³-hybridized carbons (Fsp3) is 0.500. The van der Waals surface area contributed by atoms with Crippen LogP contribution in [0.1, 0.15) is 41.0 Å². The van der Waals surface area contributed by atoms with E-state index in [0.29, 0.717) is 18.8 Å². The van der Waals surface area contributed by atoms with Crippen molar-refractivity contribution in [2.24, 2.45) is 5.92 Å². The third-order valence-corrected chi connectivity index (χ3v) is 5.11. The molecule has 25 heavy (non-hydrogen) atoms. The van der Waals surface area contributed by atoms with Crippen molar-refractivity contribution in [3.63, 3.8) is 0 Å². The predicted octanol–water partition coefficient (Wildman–Crippen LogP) is 2.81. The number of hydrogen-bond acceptors (Lipinski definition) is 4. The molecule has 0 spiro atoms. The number of likely N-dealkylation sites (tertiary alicyclic amines) is 1. The van der Waals surface area contributed by atoms with E-state index in [2.05, 4.69) is 17.3 Å². The van der Waals surface area contributed by atoms with E-state index in [9.17, 15) is 9.90 Å². The van der Waals surface area contributed by atoms with Crippen molar-refractivity contribution < 1.29 is 14.4 Å². The molecule has 1 atom stereocenters. The zero-order valence-corrected chi connectivity index (χ0v) is 15.0. The Morgan fingerprint density at radius 1 is 1.36 bits per heavy atom. The smallest absolute Gasteiger partial charge is 0.222 e. The van der Waals surface area contributed by atoms with Gasteiger partial charge in [0.1, 0.15) is 5.76 Å². The first-order valence-electron chi connectivity index (χ1n) is 8.95. The molecule has 0 saturated carbocycles. The van der Waals surface area contributed by atoms with Crippen molar-refractivity contribution in [1.82, 2.24) is 10.1 Å². The lowest BCUT2D eigenvalue weighted by molar-refractivity contribution is -0.130. The Balaban J connectivity index is 1.51. The standard InChI is InChI=1S/C20H26N2O3/c1-14-19(15(2)25-21-14)6-7-20(24)22-9-8-17(12-22)10-16-4-3-5-18(11-16)13-23/h3-5,11,17,23H,6-10,12-13H2,1-2H3/t17-/m1/s1. The molecule has 1 aliphatic rings. The van der Waals surface area contributed by atoms with Gasteiger partial charge in [-0.15, -0.1) is 0 Å². The summed E-state index contributed by atoms with van der Waals surface area (Å²) in [6, 6.07) is 8.08. The molecule has 5 nitrogen and oxygen atoms in total. The topological polar surface area (TPSA) is 66.6 Å². The van der Waals surface area contributed by atoms with Crippen LogP contribution >= 0.6 is 0 Å². The van der Waals surface area contributed by atoms with Crippen molar-refractivity contribution in [2.75, 3.05) is 13.1 Å². The summed E-state index contributed by atoms with van der Waals surface area (Å²) in [5.74, 6) is 1.52. The van der Waals surface area contributed by atoms with E-state index in [1.54, 1.807) is 0 Å². The minimum atomic E-state index is 0.0742. The normalized spacial score (nSPS) is 17.2. The first kappa shape index (κ1) is 17.7. The fourth-order valence-corrected chi connectivity index (χ4v) is 3.66. The number of aromatic nitrogens is 1. The van der Waals surface area contributed by atoms with E-state index < -0.39 is 0 Å². The van der Waals surface area contributed by atoms with E-state index in [1.165, 1.54) is 5.56 Å². The van der Waals surface area contributed by atoms with Crippen LogP contribution in [0.4, 0.5) is 0 Å². The summed E-state index contributed by atoms with van der Waals surface area (Å²) in [6.07, 6.45) is 3.21. The molecular formula is C20H26N2O3. The molecule has 0 radical (unpaired) electrons. The summed E-state index contributed by atoms with van der Waals surface area (Å²) in [5.41, 5.74) is 4.13. The number of aryl methyl sites for hydroxylation is 2. The van der Waals surface area contributed by atoms with Crippen LogP contribution in [0.25, 0.3) is 0 Å². The summed E-state index contributed by atoms with van der Waals surface area (Å²) < 4.78 is 5.16. The minimum Gasteiger partial charge on any atom is -0.392 e. The Bertz CT molecular complexity index is 719. The lowest BCUT2D eigenvalue weighted by atomic mass is 9.97. The Hall–Kier alpha value is -2.14. The Labute approximate surface area is 148 Å². The van der Waals surface area contributed by atoms with Crippen molar-refractivity contribution in [1.29, 1.82) is 0 Å².